The van der Waals surface area contributed by atoms with Gasteiger partial charge in [0.1, 0.15) is 11.9 Å². The van der Waals surface area contributed by atoms with Gasteiger partial charge in [-0.25, -0.2) is 0 Å². The molecule has 18 heavy (non-hydrogen) atoms. The molecule has 1 aliphatic heterocycles. The summed E-state index contributed by atoms with van der Waals surface area (Å²) in [5.74, 6) is 0.860. The Morgan fingerprint density at radius 2 is 2.00 bits per heavy atom. The molecule has 3 rings (SSSR count). The Bertz CT molecular complexity index is 550. The lowest BCUT2D eigenvalue weighted by Gasteiger charge is -2.24. The number of hydrogen-bond donors (Lipinski definition) is 1. The molecule has 4 heteroatoms. The van der Waals surface area contributed by atoms with Crippen LogP contribution in [0, 0.1) is 0 Å². The van der Waals surface area contributed by atoms with E-state index in [2.05, 4.69) is 4.98 Å². The zero-order chi connectivity index (χ0) is 12.4. The van der Waals surface area contributed by atoms with Gasteiger partial charge < -0.3 is 15.2 Å². The van der Waals surface area contributed by atoms with E-state index in [-0.39, 0.29) is 6.10 Å². The van der Waals surface area contributed by atoms with Gasteiger partial charge in [0.05, 0.1) is 13.2 Å². The van der Waals surface area contributed by atoms with Crippen molar-refractivity contribution in [2.45, 2.75) is 18.9 Å². The van der Waals surface area contributed by atoms with Gasteiger partial charge in [0.2, 0.25) is 0 Å². The monoisotopic (exact) mass is 244 g/mol. The first-order valence-electron chi connectivity index (χ1n) is 6.21. The zero-order valence-corrected chi connectivity index (χ0v) is 10.1. The summed E-state index contributed by atoms with van der Waals surface area (Å²) in [6.45, 7) is 1.55. The third-order valence-corrected chi connectivity index (χ3v) is 3.27. The molecule has 0 atom stereocenters. The molecule has 1 saturated heterocycles. The Balaban J connectivity index is 1.94. The van der Waals surface area contributed by atoms with Crippen molar-refractivity contribution >= 4 is 16.5 Å². The summed E-state index contributed by atoms with van der Waals surface area (Å²) in [5.41, 5.74) is 6.71. The number of anilines is 1. The van der Waals surface area contributed by atoms with E-state index in [0.29, 0.717) is 0 Å². The Hall–Kier alpha value is -1.81. The van der Waals surface area contributed by atoms with Crippen LogP contribution in [0.1, 0.15) is 12.8 Å². The molecule has 0 bridgehead atoms. The average Bonchev–Trinajstić information content (AvgIpc) is 2.44. The lowest BCUT2D eigenvalue weighted by Crippen LogP contribution is -2.25. The number of nitrogen functional groups attached to an aromatic ring is 1. The third kappa shape index (κ3) is 2.11. The first kappa shape index (κ1) is 11.3. The number of rotatable bonds is 2. The molecule has 1 aliphatic rings. The number of hydrogen-bond acceptors (Lipinski definition) is 4. The van der Waals surface area contributed by atoms with Gasteiger partial charge in [-0.1, -0.05) is 0 Å². The smallest absolute Gasteiger partial charge is 0.129 e. The molecule has 2 heterocycles. The molecule has 2 aromatic rings. The maximum atomic E-state index is 6.05. The van der Waals surface area contributed by atoms with Crippen LogP contribution >= 0.6 is 0 Å². The number of aromatic nitrogens is 1. The summed E-state index contributed by atoms with van der Waals surface area (Å²) in [6, 6.07) is 5.73. The molecule has 1 aromatic heterocycles. The van der Waals surface area contributed by atoms with Gasteiger partial charge in [0, 0.05) is 41.7 Å². The predicted molar refractivity (Wildman–Crippen MR) is 70.6 cm³/mol. The van der Waals surface area contributed by atoms with Crippen LogP contribution in [-0.4, -0.2) is 24.3 Å². The highest BCUT2D eigenvalue weighted by atomic mass is 16.5. The summed E-state index contributed by atoms with van der Waals surface area (Å²) in [6.07, 6.45) is 5.65. The molecule has 94 valence electrons. The minimum absolute atomic E-state index is 0.228. The third-order valence-electron chi connectivity index (χ3n) is 3.27. The van der Waals surface area contributed by atoms with Crippen LogP contribution in [0.4, 0.5) is 5.69 Å². The number of ether oxygens (including phenoxy) is 2. The van der Waals surface area contributed by atoms with Crippen molar-refractivity contribution < 1.29 is 9.47 Å². The second-order valence-corrected chi connectivity index (χ2v) is 4.50. The van der Waals surface area contributed by atoms with E-state index < -0.39 is 0 Å². The fraction of sp³-hybridized carbons (Fsp3) is 0.357. The van der Waals surface area contributed by atoms with Gasteiger partial charge in [-0.2, -0.15) is 0 Å². The van der Waals surface area contributed by atoms with Crippen LogP contribution in [0.5, 0.6) is 5.75 Å². The van der Waals surface area contributed by atoms with Crippen molar-refractivity contribution in [3.63, 3.8) is 0 Å². The molecule has 0 saturated carbocycles. The Kier molecular flexibility index (Phi) is 3.02. The molecular weight excluding hydrogens is 228 g/mol. The second kappa shape index (κ2) is 4.82. The first-order chi connectivity index (χ1) is 8.84. The van der Waals surface area contributed by atoms with E-state index in [1.807, 2.05) is 18.2 Å². The lowest BCUT2D eigenvalue weighted by atomic mass is 10.1. The summed E-state index contributed by atoms with van der Waals surface area (Å²) in [7, 11) is 0. The lowest BCUT2D eigenvalue weighted by molar-refractivity contribution is 0.0262. The van der Waals surface area contributed by atoms with Crippen molar-refractivity contribution in [2.75, 3.05) is 18.9 Å². The maximum absolute atomic E-state index is 6.05. The van der Waals surface area contributed by atoms with Crippen LogP contribution in [-0.2, 0) is 4.74 Å². The van der Waals surface area contributed by atoms with Gasteiger partial charge >= 0.3 is 0 Å². The van der Waals surface area contributed by atoms with Crippen molar-refractivity contribution in [2.24, 2.45) is 0 Å². The predicted octanol–water partition coefficient (Wildman–Crippen LogP) is 2.37. The minimum atomic E-state index is 0.228. The van der Waals surface area contributed by atoms with Crippen LogP contribution in [0.25, 0.3) is 10.8 Å². The van der Waals surface area contributed by atoms with Crippen molar-refractivity contribution in [3.8, 4) is 5.75 Å². The van der Waals surface area contributed by atoms with Crippen LogP contribution in [0.3, 0.4) is 0 Å². The topological polar surface area (TPSA) is 57.4 Å². The second-order valence-electron chi connectivity index (χ2n) is 4.50. The highest BCUT2D eigenvalue weighted by Crippen LogP contribution is 2.30. The average molecular weight is 244 g/mol. The molecular formula is C14H16N2O2. The minimum Gasteiger partial charge on any atom is -0.490 e. The van der Waals surface area contributed by atoms with E-state index in [1.54, 1.807) is 12.4 Å². The standard InChI is InChI=1S/C14H16N2O2/c15-13-1-2-14(12-9-16-6-3-11(12)13)18-10-4-7-17-8-5-10/h1-3,6,9-10H,4-5,7-8,15H2. The maximum Gasteiger partial charge on any atom is 0.129 e. The van der Waals surface area contributed by atoms with E-state index in [4.69, 9.17) is 15.2 Å². The van der Waals surface area contributed by atoms with Crippen molar-refractivity contribution in [3.05, 3.63) is 30.6 Å². The number of nitrogens with zero attached hydrogens (tertiary/aromatic N) is 1. The fourth-order valence-corrected chi connectivity index (χ4v) is 2.26. The molecule has 0 radical (unpaired) electrons. The molecule has 2 N–H and O–H groups in total. The molecule has 0 aliphatic carbocycles. The molecule has 0 amide bonds. The van der Waals surface area contributed by atoms with E-state index in [0.717, 1.165) is 48.3 Å². The number of nitrogens with two attached hydrogens (primary N) is 1. The van der Waals surface area contributed by atoms with Gasteiger partial charge in [-0.3, -0.25) is 4.98 Å². The Labute approximate surface area is 106 Å². The summed E-state index contributed by atoms with van der Waals surface area (Å²) in [5, 5.41) is 1.97. The molecule has 1 aromatic carbocycles. The van der Waals surface area contributed by atoms with Crippen LogP contribution in [0.15, 0.2) is 30.6 Å². The highest BCUT2D eigenvalue weighted by Gasteiger charge is 2.16. The van der Waals surface area contributed by atoms with Gasteiger partial charge in [0.25, 0.3) is 0 Å². The summed E-state index contributed by atoms with van der Waals surface area (Å²) < 4.78 is 11.4. The quantitative estimate of drug-likeness (QED) is 0.824. The number of fused-ring (bicyclic) bond motifs is 1. The number of pyridine rings is 1. The molecule has 1 fully saturated rings. The zero-order valence-electron chi connectivity index (χ0n) is 10.1. The van der Waals surface area contributed by atoms with E-state index in [9.17, 15) is 0 Å². The summed E-state index contributed by atoms with van der Waals surface area (Å²) in [4.78, 5) is 4.15. The van der Waals surface area contributed by atoms with E-state index in [1.165, 1.54) is 0 Å². The van der Waals surface area contributed by atoms with Crippen LogP contribution < -0.4 is 10.5 Å². The SMILES string of the molecule is Nc1ccc(OC2CCOCC2)c2cnccc12. The van der Waals surface area contributed by atoms with Crippen molar-refractivity contribution in [1.82, 2.24) is 4.98 Å². The van der Waals surface area contributed by atoms with Crippen LogP contribution in [0.2, 0.25) is 0 Å². The van der Waals surface area contributed by atoms with E-state index >= 15 is 0 Å². The number of benzene rings is 1. The summed E-state index contributed by atoms with van der Waals surface area (Å²) >= 11 is 0. The molecule has 0 unspecified atom stereocenters. The fourth-order valence-electron chi connectivity index (χ4n) is 2.26. The molecule has 0 spiro atoms. The molecule has 4 nitrogen and oxygen atoms in total. The van der Waals surface area contributed by atoms with Crippen molar-refractivity contribution in [1.29, 1.82) is 0 Å². The Morgan fingerprint density at radius 3 is 2.83 bits per heavy atom. The van der Waals surface area contributed by atoms with Gasteiger partial charge in [0.15, 0.2) is 0 Å². The Morgan fingerprint density at radius 1 is 1.17 bits per heavy atom. The normalized spacial score (nSPS) is 16.9. The van der Waals surface area contributed by atoms with Gasteiger partial charge in [-0.05, 0) is 18.2 Å². The highest BCUT2D eigenvalue weighted by molar-refractivity contribution is 5.96. The van der Waals surface area contributed by atoms with Gasteiger partial charge in [-0.15, -0.1) is 0 Å². The first-order valence-corrected chi connectivity index (χ1v) is 6.21. The largest absolute Gasteiger partial charge is 0.490 e.